The first kappa shape index (κ1) is 17.2. The van der Waals surface area contributed by atoms with Crippen LogP contribution in [0.15, 0.2) is 28.8 Å². The van der Waals surface area contributed by atoms with Crippen LogP contribution in [0.2, 0.25) is 0 Å². The molecule has 1 aromatic heterocycles. The minimum atomic E-state index is 0.0347. The van der Waals surface area contributed by atoms with Crippen LogP contribution in [0.5, 0.6) is 0 Å². The van der Waals surface area contributed by atoms with Crippen LogP contribution in [0.4, 0.5) is 0 Å². The Balaban J connectivity index is 1.29. The Bertz CT molecular complexity index is 769. The molecule has 0 bridgehead atoms. The number of aromatic nitrogens is 2. The molecular weight excluding hydrogens is 330 g/mol. The highest BCUT2D eigenvalue weighted by atomic mass is 16.5. The fourth-order valence-corrected chi connectivity index (χ4v) is 3.40. The van der Waals surface area contributed by atoms with Gasteiger partial charge < -0.3 is 14.2 Å². The van der Waals surface area contributed by atoms with Crippen LogP contribution in [0, 0.1) is 6.92 Å². The Morgan fingerprint density at radius 3 is 2.96 bits per heavy atom. The molecular formula is C20H25N3O3. The van der Waals surface area contributed by atoms with E-state index >= 15 is 0 Å². The first-order chi connectivity index (χ1) is 12.7. The van der Waals surface area contributed by atoms with Crippen molar-refractivity contribution < 1.29 is 14.1 Å². The van der Waals surface area contributed by atoms with Gasteiger partial charge in [0.15, 0.2) is 5.82 Å². The zero-order valence-corrected chi connectivity index (χ0v) is 15.2. The van der Waals surface area contributed by atoms with Gasteiger partial charge in [-0.1, -0.05) is 29.4 Å². The average Bonchev–Trinajstić information content (AvgIpc) is 3.40. The number of hydrogen-bond donors (Lipinski definition) is 0. The van der Waals surface area contributed by atoms with Crippen LogP contribution in [-0.2, 0) is 22.6 Å². The van der Waals surface area contributed by atoms with E-state index in [0.717, 1.165) is 49.2 Å². The van der Waals surface area contributed by atoms with E-state index in [9.17, 15) is 4.79 Å². The number of nitrogens with zero attached hydrogens (tertiary/aromatic N) is 3. The third kappa shape index (κ3) is 4.12. The van der Waals surface area contributed by atoms with E-state index in [-0.39, 0.29) is 12.0 Å². The van der Waals surface area contributed by atoms with Crippen LogP contribution in [0.3, 0.4) is 0 Å². The quantitative estimate of drug-likeness (QED) is 0.797. The van der Waals surface area contributed by atoms with Crippen LogP contribution in [0.1, 0.15) is 54.4 Å². The zero-order valence-electron chi connectivity index (χ0n) is 15.2. The van der Waals surface area contributed by atoms with Gasteiger partial charge in [-0.3, -0.25) is 4.79 Å². The fraction of sp³-hybridized carbons (Fsp3) is 0.550. The minimum absolute atomic E-state index is 0.0347. The van der Waals surface area contributed by atoms with Crippen LogP contribution in [0.25, 0.3) is 0 Å². The van der Waals surface area contributed by atoms with Gasteiger partial charge in [0.05, 0.1) is 12.5 Å². The zero-order chi connectivity index (χ0) is 17.9. The number of amides is 1. The second-order valence-corrected chi connectivity index (χ2v) is 7.34. The summed E-state index contributed by atoms with van der Waals surface area (Å²) in [6.45, 7) is 3.84. The molecule has 26 heavy (non-hydrogen) atoms. The van der Waals surface area contributed by atoms with Crippen molar-refractivity contribution in [1.82, 2.24) is 15.0 Å². The second kappa shape index (κ2) is 7.58. The molecule has 1 aliphatic carbocycles. The minimum Gasteiger partial charge on any atom is -0.368 e. The largest absolute Gasteiger partial charge is 0.368 e. The molecule has 1 saturated heterocycles. The molecule has 1 unspecified atom stereocenters. The van der Waals surface area contributed by atoms with Crippen molar-refractivity contribution >= 4 is 5.91 Å². The van der Waals surface area contributed by atoms with Crippen molar-refractivity contribution in [2.75, 3.05) is 13.1 Å². The van der Waals surface area contributed by atoms with Gasteiger partial charge in [0.2, 0.25) is 11.8 Å². The lowest BCUT2D eigenvalue weighted by Crippen LogP contribution is -2.43. The molecule has 0 N–H and O–H groups in total. The maximum atomic E-state index is 12.7. The maximum Gasteiger partial charge on any atom is 0.229 e. The number of ether oxygens (including phenoxy) is 1. The van der Waals surface area contributed by atoms with Gasteiger partial charge in [0.25, 0.3) is 0 Å². The number of likely N-dealkylation sites (tertiary alicyclic amines) is 1. The Labute approximate surface area is 153 Å². The average molecular weight is 355 g/mol. The van der Waals surface area contributed by atoms with Gasteiger partial charge in [0, 0.05) is 19.0 Å². The molecule has 2 heterocycles. The molecule has 6 heteroatoms. The van der Waals surface area contributed by atoms with Crippen LogP contribution in [-0.4, -0.2) is 40.1 Å². The summed E-state index contributed by atoms with van der Waals surface area (Å²) in [5, 5.41) is 3.99. The molecule has 1 saturated carbocycles. The highest BCUT2D eigenvalue weighted by Gasteiger charge is 2.30. The summed E-state index contributed by atoms with van der Waals surface area (Å²) >= 11 is 0. The molecule has 1 amide bonds. The van der Waals surface area contributed by atoms with E-state index in [2.05, 4.69) is 10.1 Å². The normalized spacial score (nSPS) is 20.3. The Morgan fingerprint density at radius 2 is 2.15 bits per heavy atom. The Kier molecular flexibility index (Phi) is 5.02. The predicted octanol–water partition coefficient (Wildman–Crippen LogP) is 3.01. The van der Waals surface area contributed by atoms with Gasteiger partial charge in [0.1, 0.15) is 6.61 Å². The molecule has 6 nitrogen and oxygen atoms in total. The molecule has 1 aliphatic heterocycles. The van der Waals surface area contributed by atoms with E-state index in [0.29, 0.717) is 31.3 Å². The monoisotopic (exact) mass is 355 g/mol. The standard InChI is InChI=1S/C20H25N3O3/c1-14-5-2-3-6-16(14)11-19(24)23-10-4-7-17(12-23)25-13-18-21-20(26-22-18)15-8-9-15/h2-3,5-6,15,17H,4,7-13H2,1H3. The first-order valence-electron chi connectivity index (χ1n) is 9.45. The van der Waals surface area contributed by atoms with Crippen molar-refractivity contribution in [2.45, 2.75) is 57.7 Å². The fourth-order valence-electron chi connectivity index (χ4n) is 3.40. The lowest BCUT2D eigenvalue weighted by atomic mass is 10.0. The topological polar surface area (TPSA) is 68.5 Å². The summed E-state index contributed by atoms with van der Waals surface area (Å²) in [6.07, 6.45) is 4.69. The third-order valence-electron chi connectivity index (χ3n) is 5.19. The molecule has 1 atom stereocenters. The smallest absolute Gasteiger partial charge is 0.229 e. The number of carbonyl (C=O) groups is 1. The summed E-state index contributed by atoms with van der Waals surface area (Å²) < 4.78 is 11.2. The van der Waals surface area contributed by atoms with Gasteiger partial charge >= 0.3 is 0 Å². The lowest BCUT2D eigenvalue weighted by Gasteiger charge is -2.32. The molecule has 138 valence electrons. The number of piperidine rings is 1. The van der Waals surface area contributed by atoms with E-state index in [1.54, 1.807) is 0 Å². The summed E-state index contributed by atoms with van der Waals surface area (Å²) in [4.78, 5) is 19.0. The van der Waals surface area contributed by atoms with Crippen molar-refractivity contribution in [3.05, 3.63) is 47.1 Å². The van der Waals surface area contributed by atoms with Crippen molar-refractivity contribution in [2.24, 2.45) is 0 Å². The highest BCUT2D eigenvalue weighted by Crippen LogP contribution is 2.38. The lowest BCUT2D eigenvalue weighted by molar-refractivity contribution is -0.135. The van der Waals surface area contributed by atoms with Crippen molar-refractivity contribution in [3.63, 3.8) is 0 Å². The van der Waals surface area contributed by atoms with Crippen molar-refractivity contribution in [3.8, 4) is 0 Å². The molecule has 2 fully saturated rings. The summed E-state index contributed by atoms with van der Waals surface area (Å²) in [5.74, 6) is 1.97. The van der Waals surface area contributed by atoms with E-state index in [1.807, 2.05) is 36.1 Å². The van der Waals surface area contributed by atoms with Crippen LogP contribution < -0.4 is 0 Å². The number of rotatable bonds is 6. The van der Waals surface area contributed by atoms with Gasteiger partial charge in [-0.05, 0) is 43.7 Å². The SMILES string of the molecule is Cc1ccccc1CC(=O)N1CCCC(OCc2noc(C3CC3)n2)C1. The Morgan fingerprint density at radius 1 is 1.31 bits per heavy atom. The highest BCUT2D eigenvalue weighted by molar-refractivity contribution is 5.79. The second-order valence-electron chi connectivity index (χ2n) is 7.34. The van der Waals surface area contributed by atoms with Gasteiger partial charge in [-0.25, -0.2) is 0 Å². The molecule has 2 aromatic rings. The van der Waals surface area contributed by atoms with Crippen LogP contribution >= 0.6 is 0 Å². The maximum absolute atomic E-state index is 12.7. The third-order valence-corrected chi connectivity index (χ3v) is 5.19. The summed E-state index contributed by atoms with van der Waals surface area (Å²) in [6, 6.07) is 8.06. The van der Waals surface area contributed by atoms with E-state index in [1.165, 1.54) is 0 Å². The summed E-state index contributed by atoms with van der Waals surface area (Å²) in [7, 11) is 0. The molecule has 0 spiro atoms. The van der Waals surface area contributed by atoms with E-state index in [4.69, 9.17) is 9.26 Å². The van der Waals surface area contributed by atoms with Gasteiger partial charge in [-0.15, -0.1) is 0 Å². The number of aryl methyl sites for hydroxylation is 1. The summed E-state index contributed by atoms with van der Waals surface area (Å²) in [5.41, 5.74) is 2.26. The van der Waals surface area contributed by atoms with Gasteiger partial charge in [-0.2, -0.15) is 4.98 Å². The molecule has 2 aliphatic rings. The molecule has 1 aromatic carbocycles. The predicted molar refractivity (Wildman–Crippen MR) is 95.5 cm³/mol. The number of benzene rings is 1. The Hall–Kier alpha value is -2.21. The number of carbonyl (C=O) groups excluding carboxylic acids is 1. The molecule has 4 rings (SSSR count). The van der Waals surface area contributed by atoms with Crippen molar-refractivity contribution in [1.29, 1.82) is 0 Å². The first-order valence-corrected chi connectivity index (χ1v) is 9.45. The molecule has 0 radical (unpaired) electrons. The number of hydrogen-bond acceptors (Lipinski definition) is 5. The van der Waals surface area contributed by atoms with E-state index < -0.39 is 0 Å².